The monoisotopic (exact) mass is 406 g/mol. The van der Waals surface area contributed by atoms with E-state index >= 15 is 0 Å². The highest BCUT2D eigenvalue weighted by Crippen LogP contribution is 2.27. The number of halogens is 1. The van der Waals surface area contributed by atoms with E-state index in [1.165, 1.54) is 18.4 Å². The van der Waals surface area contributed by atoms with E-state index in [2.05, 4.69) is 15.0 Å². The Hall–Kier alpha value is -2.22. The number of aryl methyl sites for hydroxylation is 1. The molecule has 1 N–H and O–H groups in total. The van der Waals surface area contributed by atoms with Crippen LogP contribution in [0.4, 0.5) is 5.13 Å². The van der Waals surface area contributed by atoms with Crippen LogP contribution in [0.25, 0.3) is 0 Å². The van der Waals surface area contributed by atoms with E-state index < -0.39 is 5.97 Å². The first kappa shape index (κ1) is 18.6. The van der Waals surface area contributed by atoms with Gasteiger partial charge in [-0.3, -0.25) is 10.1 Å². The predicted octanol–water partition coefficient (Wildman–Crippen LogP) is 4.80. The van der Waals surface area contributed by atoms with Crippen LogP contribution in [0, 0.1) is 6.92 Å². The molecule has 0 aliphatic heterocycles. The summed E-state index contributed by atoms with van der Waals surface area (Å²) >= 11 is 8.81. The van der Waals surface area contributed by atoms with Crippen molar-refractivity contribution in [1.82, 2.24) is 4.98 Å². The molecule has 3 aromatic rings. The molecule has 0 fully saturated rings. The highest BCUT2D eigenvalue weighted by Gasteiger charge is 2.15. The van der Waals surface area contributed by atoms with Gasteiger partial charge in [-0.15, -0.1) is 22.7 Å². The first-order valence-electron chi connectivity index (χ1n) is 7.66. The molecule has 0 aliphatic carbocycles. The number of carbonyl (C=O) groups is 2. The normalized spacial score (nSPS) is 10.6. The minimum Gasteiger partial charge on any atom is -0.465 e. The molecule has 0 aliphatic rings. The van der Waals surface area contributed by atoms with Crippen molar-refractivity contribution in [3.8, 4) is 0 Å². The summed E-state index contributed by atoms with van der Waals surface area (Å²) in [6.45, 7) is 1.97. The number of carbonyl (C=O) groups excluding carboxylic acids is 2. The Balaban J connectivity index is 1.68. The molecule has 0 radical (unpaired) electrons. The Bertz CT molecular complexity index is 965. The predicted molar refractivity (Wildman–Crippen MR) is 105 cm³/mol. The lowest BCUT2D eigenvalue weighted by Gasteiger charge is -2.04. The maximum atomic E-state index is 12.3. The van der Waals surface area contributed by atoms with Gasteiger partial charge < -0.3 is 4.74 Å². The van der Waals surface area contributed by atoms with E-state index in [-0.39, 0.29) is 5.91 Å². The Morgan fingerprint density at radius 2 is 1.96 bits per heavy atom. The fourth-order valence-electron chi connectivity index (χ4n) is 2.31. The van der Waals surface area contributed by atoms with Crippen LogP contribution in [0.2, 0.25) is 5.02 Å². The molecule has 2 aromatic heterocycles. The van der Waals surface area contributed by atoms with Crippen LogP contribution in [0.1, 0.15) is 35.3 Å². The lowest BCUT2D eigenvalue weighted by Crippen LogP contribution is -2.09. The third-order valence-electron chi connectivity index (χ3n) is 3.63. The lowest BCUT2D eigenvalue weighted by atomic mass is 10.1. The molecule has 134 valence electrons. The fourth-order valence-corrected chi connectivity index (χ4v) is 4.15. The molecule has 0 spiro atoms. The molecule has 0 unspecified atom stereocenters. The summed E-state index contributed by atoms with van der Waals surface area (Å²) in [5, 5.41) is 4.01. The maximum Gasteiger partial charge on any atom is 0.348 e. The molecule has 0 bridgehead atoms. The molecule has 1 aromatic carbocycles. The summed E-state index contributed by atoms with van der Waals surface area (Å²) < 4.78 is 4.64. The van der Waals surface area contributed by atoms with Gasteiger partial charge in [-0.1, -0.05) is 29.8 Å². The number of nitrogens with zero attached hydrogens (tertiary/aromatic N) is 1. The number of thiophene rings is 1. The largest absolute Gasteiger partial charge is 0.465 e. The number of hydrogen-bond donors (Lipinski definition) is 1. The van der Waals surface area contributed by atoms with Gasteiger partial charge >= 0.3 is 5.97 Å². The smallest absolute Gasteiger partial charge is 0.348 e. The van der Waals surface area contributed by atoms with Crippen molar-refractivity contribution in [2.75, 3.05) is 12.4 Å². The zero-order chi connectivity index (χ0) is 18.7. The standard InChI is InChI=1S/C18H15ClN2O3S2/c1-10-4-3-5-11(15(10)19)8-12-9-20-18(25-12)21-16(22)13-6-7-14(26-13)17(23)24-2/h3-7,9H,8H2,1-2H3,(H,20,21,22). The molecule has 5 nitrogen and oxygen atoms in total. The molecule has 0 saturated carbocycles. The van der Waals surface area contributed by atoms with Crippen LogP contribution in [0.5, 0.6) is 0 Å². The van der Waals surface area contributed by atoms with Crippen molar-refractivity contribution in [1.29, 1.82) is 0 Å². The maximum absolute atomic E-state index is 12.3. The Morgan fingerprint density at radius 3 is 2.73 bits per heavy atom. The summed E-state index contributed by atoms with van der Waals surface area (Å²) in [7, 11) is 1.30. The molecule has 2 heterocycles. The first-order chi connectivity index (χ1) is 12.5. The zero-order valence-electron chi connectivity index (χ0n) is 14.0. The van der Waals surface area contributed by atoms with E-state index in [0.29, 0.717) is 21.3 Å². The third-order valence-corrected chi connectivity index (χ3v) is 6.14. The van der Waals surface area contributed by atoms with Gasteiger partial charge in [0, 0.05) is 22.5 Å². The van der Waals surface area contributed by atoms with Crippen LogP contribution in [-0.4, -0.2) is 24.0 Å². The molecule has 26 heavy (non-hydrogen) atoms. The van der Waals surface area contributed by atoms with Crippen LogP contribution < -0.4 is 5.32 Å². The second kappa shape index (κ2) is 7.99. The number of hydrogen-bond acceptors (Lipinski definition) is 6. The average molecular weight is 407 g/mol. The third kappa shape index (κ3) is 4.12. The van der Waals surface area contributed by atoms with Gasteiger partial charge in [-0.2, -0.15) is 0 Å². The number of methoxy groups -OCH3 is 1. The second-order valence-electron chi connectivity index (χ2n) is 5.47. The molecular formula is C18H15ClN2O3S2. The van der Waals surface area contributed by atoms with E-state index in [1.807, 2.05) is 25.1 Å². The Kier molecular flexibility index (Phi) is 5.70. The quantitative estimate of drug-likeness (QED) is 0.618. The number of rotatable bonds is 5. The summed E-state index contributed by atoms with van der Waals surface area (Å²) in [4.78, 5) is 29.8. The Labute approximate surface area is 163 Å². The van der Waals surface area contributed by atoms with Gasteiger partial charge in [0.25, 0.3) is 5.91 Å². The molecule has 8 heteroatoms. The highest BCUT2D eigenvalue weighted by atomic mass is 35.5. The van der Waals surface area contributed by atoms with Gasteiger partial charge in [0.05, 0.1) is 12.0 Å². The summed E-state index contributed by atoms with van der Waals surface area (Å²) in [5.74, 6) is -0.764. The minimum absolute atomic E-state index is 0.306. The molecular weight excluding hydrogens is 392 g/mol. The SMILES string of the molecule is COC(=O)c1ccc(C(=O)Nc2ncc(Cc3cccc(C)c3Cl)s2)s1. The lowest BCUT2D eigenvalue weighted by molar-refractivity contribution is 0.0606. The van der Waals surface area contributed by atoms with Crippen LogP contribution in [0.3, 0.4) is 0 Å². The van der Waals surface area contributed by atoms with Crippen LogP contribution >= 0.6 is 34.3 Å². The first-order valence-corrected chi connectivity index (χ1v) is 9.67. The van der Waals surface area contributed by atoms with Gasteiger partial charge in [0.1, 0.15) is 4.88 Å². The van der Waals surface area contributed by atoms with Crippen LogP contribution in [0.15, 0.2) is 36.5 Å². The van der Waals surface area contributed by atoms with E-state index in [4.69, 9.17) is 11.6 Å². The van der Waals surface area contributed by atoms with Crippen molar-refractivity contribution in [2.45, 2.75) is 13.3 Å². The average Bonchev–Trinajstić information content (AvgIpc) is 3.28. The molecule has 0 saturated heterocycles. The summed E-state index contributed by atoms with van der Waals surface area (Å²) in [6.07, 6.45) is 2.38. The number of thiazole rings is 1. The van der Waals surface area contributed by atoms with E-state index in [9.17, 15) is 9.59 Å². The van der Waals surface area contributed by atoms with Gasteiger partial charge in [0.15, 0.2) is 5.13 Å². The van der Waals surface area contributed by atoms with Crippen molar-refractivity contribution >= 4 is 51.3 Å². The van der Waals surface area contributed by atoms with E-state index in [1.54, 1.807) is 18.3 Å². The zero-order valence-corrected chi connectivity index (χ0v) is 16.4. The summed E-state index contributed by atoms with van der Waals surface area (Å²) in [6, 6.07) is 9.07. The van der Waals surface area contributed by atoms with E-state index in [0.717, 1.165) is 32.4 Å². The topological polar surface area (TPSA) is 68.3 Å². The number of esters is 1. The Morgan fingerprint density at radius 1 is 1.19 bits per heavy atom. The molecule has 0 atom stereocenters. The van der Waals surface area contributed by atoms with Crippen molar-refractivity contribution in [3.63, 3.8) is 0 Å². The number of ether oxygens (including phenoxy) is 1. The number of aromatic nitrogens is 1. The van der Waals surface area contributed by atoms with Gasteiger partial charge in [-0.05, 0) is 30.2 Å². The van der Waals surface area contributed by atoms with Crippen LogP contribution in [-0.2, 0) is 11.2 Å². The fraction of sp³-hybridized carbons (Fsp3) is 0.167. The highest BCUT2D eigenvalue weighted by molar-refractivity contribution is 7.17. The summed E-state index contributed by atoms with van der Waals surface area (Å²) in [5.41, 5.74) is 2.05. The number of nitrogens with one attached hydrogen (secondary N) is 1. The van der Waals surface area contributed by atoms with Gasteiger partial charge in [-0.25, -0.2) is 9.78 Å². The molecule has 1 amide bonds. The van der Waals surface area contributed by atoms with Crippen molar-refractivity contribution in [2.24, 2.45) is 0 Å². The number of anilines is 1. The van der Waals surface area contributed by atoms with Crippen molar-refractivity contribution in [3.05, 3.63) is 67.3 Å². The van der Waals surface area contributed by atoms with Gasteiger partial charge in [0.2, 0.25) is 0 Å². The second-order valence-corrected chi connectivity index (χ2v) is 8.04. The van der Waals surface area contributed by atoms with Crippen molar-refractivity contribution < 1.29 is 14.3 Å². The number of amides is 1. The molecule has 3 rings (SSSR count). The minimum atomic E-state index is -0.458. The number of benzene rings is 1.